The van der Waals surface area contributed by atoms with Gasteiger partial charge in [-0.2, -0.15) is 0 Å². The molecule has 0 bridgehead atoms. The average Bonchev–Trinajstić information content (AvgIpc) is 2.29. The topological polar surface area (TPSA) is 94.9 Å². The number of carbonyl (C=O) groups is 1. The predicted molar refractivity (Wildman–Crippen MR) is 60.4 cm³/mol. The molecule has 0 radical (unpaired) electrons. The second-order valence-corrected chi connectivity index (χ2v) is 3.36. The molecule has 0 saturated heterocycles. The van der Waals surface area contributed by atoms with Gasteiger partial charge in [-0.15, -0.1) is 0 Å². The maximum atomic E-state index is 13.0. The Bertz CT molecular complexity index is 585. The fraction of sp³-hybridized carbons (Fsp3) is 0. The van der Waals surface area contributed by atoms with E-state index in [0.29, 0.717) is 11.3 Å². The van der Waals surface area contributed by atoms with Crippen molar-refractivity contribution in [3.05, 3.63) is 42.0 Å². The standard InChI is InChI=1S/C11H9FN4O/c12-7-3-1-2-6(4-7)8-5-15-10(13)9(16-8)11(14)17/h1-5H,(H2,13,15)(H2,14,17). The van der Waals surface area contributed by atoms with Crippen molar-refractivity contribution in [2.24, 2.45) is 5.73 Å². The minimum Gasteiger partial charge on any atom is -0.382 e. The van der Waals surface area contributed by atoms with Crippen molar-refractivity contribution in [2.45, 2.75) is 0 Å². The number of nitrogens with two attached hydrogens (primary N) is 2. The van der Waals surface area contributed by atoms with E-state index in [1.807, 2.05) is 0 Å². The number of benzene rings is 1. The van der Waals surface area contributed by atoms with Gasteiger partial charge in [0.2, 0.25) is 0 Å². The SMILES string of the molecule is NC(=O)c1nc(-c2cccc(F)c2)cnc1N. The maximum Gasteiger partial charge on any atom is 0.271 e. The van der Waals surface area contributed by atoms with Crippen molar-refractivity contribution >= 4 is 11.7 Å². The van der Waals surface area contributed by atoms with E-state index in [4.69, 9.17) is 11.5 Å². The normalized spacial score (nSPS) is 10.2. The molecule has 0 aliphatic rings. The summed E-state index contributed by atoms with van der Waals surface area (Å²) < 4.78 is 13.0. The molecule has 1 aromatic carbocycles. The van der Waals surface area contributed by atoms with Crippen LogP contribution in [0.5, 0.6) is 0 Å². The van der Waals surface area contributed by atoms with Gasteiger partial charge in [0.15, 0.2) is 11.5 Å². The van der Waals surface area contributed by atoms with Crippen LogP contribution in [0.4, 0.5) is 10.2 Å². The molecule has 1 heterocycles. The molecule has 2 aromatic rings. The molecule has 5 nitrogen and oxygen atoms in total. The van der Waals surface area contributed by atoms with Gasteiger partial charge in [0.05, 0.1) is 11.9 Å². The van der Waals surface area contributed by atoms with Gasteiger partial charge >= 0.3 is 0 Å². The van der Waals surface area contributed by atoms with Crippen molar-refractivity contribution < 1.29 is 9.18 Å². The first-order valence-corrected chi connectivity index (χ1v) is 4.76. The molecule has 0 fully saturated rings. The number of nitrogens with zero attached hydrogens (tertiary/aromatic N) is 2. The summed E-state index contributed by atoms with van der Waals surface area (Å²) in [6, 6.07) is 5.77. The minimum atomic E-state index is -0.770. The minimum absolute atomic E-state index is 0.0438. The van der Waals surface area contributed by atoms with Crippen molar-refractivity contribution in [3.63, 3.8) is 0 Å². The number of hydrogen-bond acceptors (Lipinski definition) is 4. The zero-order valence-corrected chi connectivity index (χ0v) is 8.72. The van der Waals surface area contributed by atoms with Crippen molar-refractivity contribution in [2.75, 3.05) is 5.73 Å². The second kappa shape index (κ2) is 4.17. The molecule has 0 aliphatic carbocycles. The summed E-state index contributed by atoms with van der Waals surface area (Å²) in [4.78, 5) is 18.8. The van der Waals surface area contributed by atoms with Gasteiger partial charge in [-0.05, 0) is 12.1 Å². The number of amides is 1. The summed E-state index contributed by atoms with van der Waals surface area (Å²) in [5.74, 6) is -1.22. The summed E-state index contributed by atoms with van der Waals surface area (Å²) in [6.45, 7) is 0. The number of anilines is 1. The average molecular weight is 232 g/mol. The molecule has 1 aromatic heterocycles. The number of hydrogen-bond donors (Lipinski definition) is 2. The van der Waals surface area contributed by atoms with Gasteiger partial charge in [0.1, 0.15) is 5.82 Å². The molecule has 0 aliphatic heterocycles. The molecule has 4 N–H and O–H groups in total. The number of carbonyl (C=O) groups excluding carboxylic acids is 1. The van der Waals surface area contributed by atoms with Gasteiger partial charge in [-0.3, -0.25) is 4.79 Å². The first-order valence-electron chi connectivity index (χ1n) is 4.76. The van der Waals surface area contributed by atoms with Gasteiger partial charge < -0.3 is 11.5 Å². The maximum absolute atomic E-state index is 13.0. The highest BCUT2D eigenvalue weighted by Crippen LogP contribution is 2.18. The van der Waals surface area contributed by atoms with Gasteiger partial charge in [-0.1, -0.05) is 12.1 Å². The summed E-state index contributed by atoms with van der Waals surface area (Å²) in [5.41, 5.74) is 11.3. The van der Waals surface area contributed by atoms with Crippen molar-refractivity contribution in [1.29, 1.82) is 0 Å². The zero-order valence-electron chi connectivity index (χ0n) is 8.72. The van der Waals surface area contributed by atoms with E-state index in [-0.39, 0.29) is 11.5 Å². The van der Waals surface area contributed by atoms with Crippen LogP contribution in [0.1, 0.15) is 10.5 Å². The molecule has 17 heavy (non-hydrogen) atoms. The van der Waals surface area contributed by atoms with Crippen LogP contribution in [0.2, 0.25) is 0 Å². The summed E-state index contributed by atoms with van der Waals surface area (Å²) in [5, 5.41) is 0. The Labute approximate surface area is 96.3 Å². The largest absolute Gasteiger partial charge is 0.382 e. The lowest BCUT2D eigenvalue weighted by atomic mass is 10.1. The fourth-order valence-corrected chi connectivity index (χ4v) is 1.37. The number of rotatable bonds is 2. The third kappa shape index (κ3) is 2.20. The van der Waals surface area contributed by atoms with Crippen molar-refractivity contribution in [1.82, 2.24) is 9.97 Å². The van der Waals surface area contributed by atoms with Crippen LogP contribution >= 0.6 is 0 Å². The van der Waals surface area contributed by atoms with E-state index < -0.39 is 11.7 Å². The number of primary amides is 1. The van der Waals surface area contributed by atoms with E-state index >= 15 is 0 Å². The second-order valence-electron chi connectivity index (χ2n) is 3.36. The number of halogens is 1. The van der Waals surface area contributed by atoms with E-state index in [1.54, 1.807) is 6.07 Å². The predicted octanol–water partition coefficient (Wildman–Crippen LogP) is 0.964. The lowest BCUT2D eigenvalue weighted by Gasteiger charge is -2.04. The Morgan fingerprint density at radius 3 is 2.76 bits per heavy atom. The van der Waals surface area contributed by atoms with Gasteiger partial charge in [0, 0.05) is 5.56 Å². The first kappa shape index (κ1) is 11.0. The third-order valence-electron chi connectivity index (χ3n) is 2.15. The van der Waals surface area contributed by atoms with E-state index in [2.05, 4.69) is 9.97 Å². The van der Waals surface area contributed by atoms with E-state index in [1.165, 1.54) is 24.4 Å². The van der Waals surface area contributed by atoms with Crippen LogP contribution in [-0.4, -0.2) is 15.9 Å². The van der Waals surface area contributed by atoms with Crippen LogP contribution in [-0.2, 0) is 0 Å². The van der Waals surface area contributed by atoms with Gasteiger partial charge in [-0.25, -0.2) is 14.4 Å². The zero-order chi connectivity index (χ0) is 12.4. The molecule has 0 atom stereocenters. The third-order valence-corrected chi connectivity index (χ3v) is 2.15. The molecular weight excluding hydrogens is 223 g/mol. The van der Waals surface area contributed by atoms with Crippen molar-refractivity contribution in [3.8, 4) is 11.3 Å². The molecule has 0 spiro atoms. The van der Waals surface area contributed by atoms with E-state index in [0.717, 1.165) is 0 Å². The molecule has 1 amide bonds. The summed E-state index contributed by atoms with van der Waals surface area (Å²) in [7, 11) is 0. The first-order chi connectivity index (χ1) is 8.08. The molecule has 6 heteroatoms. The van der Waals surface area contributed by atoms with Crippen LogP contribution in [0.25, 0.3) is 11.3 Å². The Morgan fingerprint density at radius 2 is 2.12 bits per heavy atom. The molecular formula is C11H9FN4O. The fourth-order valence-electron chi connectivity index (χ4n) is 1.37. The van der Waals surface area contributed by atoms with Crippen LogP contribution < -0.4 is 11.5 Å². The summed E-state index contributed by atoms with van der Waals surface area (Å²) >= 11 is 0. The monoisotopic (exact) mass is 232 g/mol. The van der Waals surface area contributed by atoms with Crippen LogP contribution in [0, 0.1) is 5.82 Å². The number of nitrogen functional groups attached to an aromatic ring is 1. The van der Waals surface area contributed by atoms with Crippen LogP contribution in [0.3, 0.4) is 0 Å². The Balaban J connectivity index is 2.54. The highest BCUT2D eigenvalue weighted by Gasteiger charge is 2.11. The van der Waals surface area contributed by atoms with E-state index in [9.17, 15) is 9.18 Å². The molecule has 2 rings (SSSR count). The Morgan fingerprint density at radius 1 is 1.35 bits per heavy atom. The highest BCUT2D eigenvalue weighted by atomic mass is 19.1. The lowest BCUT2D eigenvalue weighted by Crippen LogP contribution is -2.17. The quantitative estimate of drug-likeness (QED) is 0.806. The molecule has 0 saturated carbocycles. The van der Waals surface area contributed by atoms with Crippen LogP contribution in [0.15, 0.2) is 30.5 Å². The molecule has 86 valence electrons. The molecule has 0 unspecified atom stereocenters. The smallest absolute Gasteiger partial charge is 0.271 e. The highest BCUT2D eigenvalue weighted by molar-refractivity contribution is 5.95. The number of aromatic nitrogens is 2. The summed E-state index contributed by atoms with van der Waals surface area (Å²) in [6.07, 6.45) is 1.36. The van der Waals surface area contributed by atoms with Gasteiger partial charge in [0.25, 0.3) is 5.91 Å². The Hall–Kier alpha value is -2.50. The Kier molecular flexibility index (Phi) is 2.70. The lowest BCUT2D eigenvalue weighted by molar-refractivity contribution is 0.0996.